The van der Waals surface area contributed by atoms with E-state index in [1.54, 1.807) is 13.2 Å². The molecule has 26 heavy (non-hydrogen) atoms. The maximum absolute atomic E-state index is 11.6. The predicted octanol–water partition coefficient (Wildman–Crippen LogP) is 1.40. The van der Waals surface area contributed by atoms with Crippen molar-refractivity contribution in [2.75, 3.05) is 18.6 Å². The second-order valence-electron chi connectivity index (χ2n) is 6.14. The van der Waals surface area contributed by atoms with E-state index in [1.807, 2.05) is 29.1 Å². The van der Waals surface area contributed by atoms with Crippen LogP contribution in [0.2, 0.25) is 0 Å². The van der Waals surface area contributed by atoms with Gasteiger partial charge in [-0.25, -0.2) is 8.42 Å². The summed E-state index contributed by atoms with van der Waals surface area (Å²) in [5, 5.41) is 10.7. The van der Waals surface area contributed by atoms with Gasteiger partial charge in [0.1, 0.15) is 0 Å². The quantitative estimate of drug-likeness (QED) is 0.377. The van der Waals surface area contributed by atoms with Gasteiger partial charge in [-0.1, -0.05) is 24.3 Å². The Morgan fingerprint density at radius 1 is 1.31 bits per heavy atom. The second-order valence-corrected chi connectivity index (χ2v) is 8.37. The number of aliphatic imine (C=N–C) groups is 1. The highest BCUT2D eigenvalue weighted by Crippen LogP contribution is 2.12. The van der Waals surface area contributed by atoms with Crippen molar-refractivity contribution in [3.63, 3.8) is 0 Å². The molecule has 1 fully saturated rings. The lowest BCUT2D eigenvalue weighted by Crippen LogP contribution is -2.43. The maximum Gasteiger partial charge on any atom is 0.191 e. The van der Waals surface area contributed by atoms with Crippen LogP contribution in [-0.2, 0) is 22.9 Å². The van der Waals surface area contributed by atoms with E-state index < -0.39 is 9.84 Å². The first-order valence-electron chi connectivity index (χ1n) is 8.27. The normalized spacial score (nSPS) is 19.0. The number of hydrogen-bond donors (Lipinski definition) is 2. The van der Waals surface area contributed by atoms with Gasteiger partial charge in [-0.2, -0.15) is 5.10 Å². The fourth-order valence-corrected chi connectivity index (χ4v) is 4.60. The molecule has 1 aromatic heterocycles. The number of nitrogens with one attached hydrogen (secondary N) is 2. The topological polar surface area (TPSA) is 88.4 Å². The standard InChI is InChI=1S/C17H23N5O2S.HI/c1-18-17(21-16-7-10-25(23,24)13-16)19-11-14-5-2-3-6-15(14)12-22-9-4-8-20-22;/h2-6,8-9,16H,7,10-13H2,1H3,(H2,18,19,21);1H. The van der Waals surface area contributed by atoms with Crippen LogP contribution in [0.15, 0.2) is 47.7 Å². The first-order chi connectivity index (χ1) is 12.1. The van der Waals surface area contributed by atoms with Gasteiger partial charge in [0, 0.05) is 32.0 Å². The average molecular weight is 489 g/mol. The molecule has 2 aromatic rings. The molecule has 1 unspecified atom stereocenters. The molecule has 0 amide bonds. The van der Waals surface area contributed by atoms with Crippen molar-refractivity contribution in [3.8, 4) is 0 Å². The van der Waals surface area contributed by atoms with Crippen molar-refractivity contribution in [1.82, 2.24) is 20.4 Å². The van der Waals surface area contributed by atoms with Gasteiger partial charge in [-0.05, 0) is 23.6 Å². The monoisotopic (exact) mass is 489 g/mol. The third-order valence-electron chi connectivity index (χ3n) is 4.25. The first kappa shape index (κ1) is 20.7. The number of guanidine groups is 1. The average Bonchev–Trinajstić information content (AvgIpc) is 3.22. The highest BCUT2D eigenvalue weighted by molar-refractivity contribution is 14.0. The number of halogens is 1. The minimum absolute atomic E-state index is 0. The lowest BCUT2D eigenvalue weighted by molar-refractivity contribution is 0.599. The SMILES string of the molecule is CN=C(NCc1ccccc1Cn1cccn1)NC1CCS(=O)(=O)C1.I. The molecule has 0 radical (unpaired) electrons. The molecule has 1 aromatic carbocycles. The summed E-state index contributed by atoms with van der Waals surface area (Å²) in [4.78, 5) is 4.20. The van der Waals surface area contributed by atoms with E-state index in [9.17, 15) is 8.42 Å². The lowest BCUT2D eigenvalue weighted by Gasteiger charge is -2.17. The number of aromatic nitrogens is 2. The van der Waals surface area contributed by atoms with Crippen molar-refractivity contribution in [2.45, 2.75) is 25.6 Å². The summed E-state index contributed by atoms with van der Waals surface area (Å²) < 4.78 is 25.0. The molecule has 1 atom stereocenters. The van der Waals surface area contributed by atoms with Gasteiger partial charge in [-0.3, -0.25) is 9.67 Å². The van der Waals surface area contributed by atoms with Crippen LogP contribution in [0.1, 0.15) is 17.5 Å². The number of rotatable bonds is 5. The van der Waals surface area contributed by atoms with Crippen molar-refractivity contribution >= 4 is 39.8 Å². The zero-order valence-electron chi connectivity index (χ0n) is 14.6. The van der Waals surface area contributed by atoms with Crippen LogP contribution in [0.25, 0.3) is 0 Å². The summed E-state index contributed by atoms with van der Waals surface area (Å²) in [5.41, 5.74) is 2.33. The van der Waals surface area contributed by atoms with E-state index >= 15 is 0 Å². The van der Waals surface area contributed by atoms with Crippen molar-refractivity contribution in [2.24, 2.45) is 4.99 Å². The molecule has 0 bridgehead atoms. The highest BCUT2D eigenvalue weighted by Gasteiger charge is 2.28. The van der Waals surface area contributed by atoms with Crippen molar-refractivity contribution in [3.05, 3.63) is 53.9 Å². The molecule has 1 aliphatic heterocycles. The molecule has 0 spiro atoms. The molecule has 7 nitrogen and oxygen atoms in total. The number of benzene rings is 1. The van der Waals surface area contributed by atoms with E-state index in [0.29, 0.717) is 25.5 Å². The summed E-state index contributed by atoms with van der Waals surface area (Å²) >= 11 is 0. The Hall–Kier alpha value is -1.62. The maximum atomic E-state index is 11.6. The van der Waals surface area contributed by atoms with E-state index in [-0.39, 0.29) is 41.5 Å². The Bertz CT molecular complexity index is 837. The lowest BCUT2D eigenvalue weighted by atomic mass is 10.1. The summed E-state index contributed by atoms with van der Waals surface area (Å²) in [6.45, 7) is 1.31. The Morgan fingerprint density at radius 2 is 2.08 bits per heavy atom. The van der Waals surface area contributed by atoms with E-state index in [0.717, 1.165) is 5.56 Å². The van der Waals surface area contributed by atoms with Crippen molar-refractivity contribution < 1.29 is 8.42 Å². The molecule has 0 aliphatic carbocycles. The Kier molecular flexibility index (Phi) is 7.44. The first-order valence-corrected chi connectivity index (χ1v) is 10.1. The number of sulfone groups is 1. The Balaban J connectivity index is 0.00000243. The van der Waals surface area contributed by atoms with E-state index in [1.165, 1.54) is 5.56 Å². The van der Waals surface area contributed by atoms with Crippen molar-refractivity contribution in [1.29, 1.82) is 0 Å². The molecule has 2 N–H and O–H groups in total. The molecular formula is C17H24IN5O2S. The van der Waals surface area contributed by atoms with Crippen LogP contribution < -0.4 is 10.6 Å². The summed E-state index contributed by atoms with van der Waals surface area (Å²) in [7, 11) is -1.22. The summed E-state index contributed by atoms with van der Waals surface area (Å²) in [5.74, 6) is 1.04. The highest BCUT2D eigenvalue weighted by atomic mass is 127. The third-order valence-corrected chi connectivity index (χ3v) is 6.02. The molecule has 2 heterocycles. The Labute approximate surface area is 171 Å². The minimum atomic E-state index is -2.91. The molecule has 142 valence electrons. The van der Waals surface area contributed by atoms with Gasteiger partial charge >= 0.3 is 0 Å². The van der Waals surface area contributed by atoms with Crippen LogP contribution in [0.5, 0.6) is 0 Å². The van der Waals surface area contributed by atoms with E-state index in [2.05, 4.69) is 32.9 Å². The largest absolute Gasteiger partial charge is 0.353 e. The smallest absolute Gasteiger partial charge is 0.191 e. The summed E-state index contributed by atoms with van der Waals surface area (Å²) in [6, 6.07) is 10.00. The van der Waals surface area contributed by atoms with Gasteiger partial charge in [0.2, 0.25) is 0 Å². The predicted molar refractivity (Wildman–Crippen MR) is 114 cm³/mol. The van der Waals surface area contributed by atoms with Gasteiger partial charge in [-0.15, -0.1) is 24.0 Å². The Morgan fingerprint density at radius 3 is 2.69 bits per heavy atom. The molecule has 0 saturated carbocycles. The van der Waals surface area contributed by atoms with Gasteiger partial charge in [0.05, 0.1) is 18.1 Å². The van der Waals surface area contributed by atoms with Gasteiger partial charge in [0.15, 0.2) is 15.8 Å². The van der Waals surface area contributed by atoms with Gasteiger partial charge < -0.3 is 10.6 Å². The van der Waals surface area contributed by atoms with E-state index in [4.69, 9.17) is 0 Å². The zero-order chi connectivity index (χ0) is 17.7. The van der Waals surface area contributed by atoms with Crippen LogP contribution >= 0.6 is 24.0 Å². The molecule has 9 heteroatoms. The van der Waals surface area contributed by atoms with Gasteiger partial charge in [0.25, 0.3) is 0 Å². The third kappa shape index (κ3) is 5.70. The number of hydrogen-bond acceptors (Lipinski definition) is 4. The fourth-order valence-electron chi connectivity index (χ4n) is 2.93. The molecule has 3 rings (SSSR count). The summed E-state index contributed by atoms with van der Waals surface area (Å²) in [6.07, 6.45) is 4.33. The van der Waals surface area contributed by atoms with Crippen LogP contribution in [-0.4, -0.2) is 48.8 Å². The second kappa shape index (κ2) is 9.36. The molecule has 1 aliphatic rings. The number of nitrogens with zero attached hydrogens (tertiary/aromatic N) is 3. The van der Waals surface area contributed by atoms with Crippen LogP contribution in [0.4, 0.5) is 0 Å². The fraction of sp³-hybridized carbons (Fsp3) is 0.412. The minimum Gasteiger partial charge on any atom is -0.353 e. The van der Waals surface area contributed by atoms with Crippen LogP contribution in [0, 0.1) is 0 Å². The zero-order valence-corrected chi connectivity index (χ0v) is 17.8. The van der Waals surface area contributed by atoms with Crippen LogP contribution in [0.3, 0.4) is 0 Å². The molecule has 1 saturated heterocycles. The molecular weight excluding hydrogens is 465 g/mol.